The van der Waals surface area contributed by atoms with Gasteiger partial charge in [0.15, 0.2) is 5.78 Å². The molecule has 8 N–H and O–H groups in total. The highest BCUT2D eigenvalue weighted by atomic mass is 32.2. The summed E-state index contributed by atoms with van der Waals surface area (Å²) in [5, 5.41) is 15.5. The van der Waals surface area contributed by atoms with Gasteiger partial charge in [-0.15, -0.1) is 0 Å². The van der Waals surface area contributed by atoms with Gasteiger partial charge < -0.3 is 26.6 Å². The van der Waals surface area contributed by atoms with Gasteiger partial charge in [0.1, 0.15) is 5.75 Å². The first-order valence-electron chi connectivity index (χ1n) is 11.5. The number of ether oxygens (including phenoxy) is 1. The van der Waals surface area contributed by atoms with Crippen molar-refractivity contribution in [2.75, 3.05) is 0 Å². The predicted molar refractivity (Wildman–Crippen MR) is 139 cm³/mol. The number of halogens is 3. The minimum absolute atomic E-state index is 0.153. The van der Waals surface area contributed by atoms with Gasteiger partial charge in [-0.3, -0.25) is 14.4 Å². The van der Waals surface area contributed by atoms with Gasteiger partial charge in [0.25, 0.3) is 0 Å². The van der Waals surface area contributed by atoms with Crippen molar-refractivity contribution in [2.24, 2.45) is 22.0 Å². The number of hydrogen-bond donors (Lipinski definition) is 6. The van der Waals surface area contributed by atoms with E-state index in [-0.39, 0.29) is 5.75 Å². The highest BCUT2D eigenvalue weighted by molar-refractivity contribution is 7.90. The van der Waals surface area contributed by atoms with Crippen LogP contribution in [-0.2, 0) is 24.4 Å². The lowest BCUT2D eigenvalue weighted by molar-refractivity contribution is -0.141. The first kappa shape index (κ1) is 32.9. The number of carbonyl (C=O) groups is 4. The van der Waals surface area contributed by atoms with Gasteiger partial charge >= 0.3 is 27.5 Å². The van der Waals surface area contributed by atoms with Crippen LogP contribution in [0.2, 0.25) is 0 Å². The summed E-state index contributed by atoms with van der Waals surface area (Å²) in [5.74, 6) is -4.09. The van der Waals surface area contributed by atoms with Gasteiger partial charge in [0.2, 0.25) is 12.1 Å². The predicted octanol–water partition coefficient (Wildman–Crippen LogP) is 0.520. The minimum atomic E-state index is -6.14. The molecule has 0 radical (unpaired) electrons. The molecule has 1 unspecified atom stereocenters. The number of amides is 3. The lowest BCUT2D eigenvalue weighted by atomic mass is 9.79. The van der Waals surface area contributed by atoms with Crippen LogP contribution in [0.5, 0.6) is 5.75 Å². The Kier molecular flexibility index (Phi) is 10.4. The molecule has 2 aromatic carbocycles. The van der Waals surface area contributed by atoms with Gasteiger partial charge in [-0.1, -0.05) is 50.2 Å². The van der Waals surface area contributed by atoms with E-state index in [9.17, 15) is 40.8 Å². The average Bonchev–Trinajstić information content (AvgIpc) is 2.86. The number of nitrogens with zero attached hydrogens (tertiary/aromatic N) is 1. The first-order chi connectivity index (χ1) is 18.9. The lowest BCUT2D eigenvalue weighted by Crippen LogP contribution is -2.60. The molecule has 3 atom stereocenters. The quantitative estimate of drug-likeness (QED) is 0.106. The van der Waals surface area contributed by atoms with E-state index in [0.29, 0.717) is 10.8 Å². The molecule has 41 heavy (non-hydrogen) atoms. The van der Waals surface area contributed by atoms with E-state index in [1.54, 1.807) is 29.7 Å². The Morgan fingerprint density at radius 2 is 1.71 bits per heavy atom. The number of ketones is 1. The number of primary amides is 1. The van der Waals surface area contributed by atoms with Gasteiger partial charge in [0, 0.05) is 11.6 Å². The molecular weight excluding hydrogens is 577 g/mol. The van der Waals surface area contributed by atoms with Gasteiger partial charge in [-0.05, 0) is 11.5 Å². The van der Waals surface area contributed by atoms with Crippen LogP contribution in [0, 0.1) is 5.41 Å². The van der Waals surface area contributed by atoms with E-state index in [1.165, 1.54) is 22.9 Å². The number of nitrogens with two attached hydrogens (primary N) is 2. The van der Waals surface area contributed by atoms with E-state index < -0.39 is 69.4 Å². The standard InChI is InChI=1S/C23H27F3N6O8S/c1-22(2,17(27)19(36)30-13(10-16(33)34)11-29-31-21(28)37)18(35)20(32-41(38,39)23(24,25)26)40-15-9-5-7-12-6-3-4-8-14(12)15/h3-9,11,13,17,20,32H,10,27H2,1-2H3,(H,30,36)(H,33,34)(H3,28,31,37)/t13-,17+,20?/m0/s1. The molecule has 0 saturated heterocycles. The highest BCUT2D eigenvalue weighted by Gasteiger charge is 2.51. The molecule has 0 aromatic heterocycles. The van der Waals surface area contributed by atoms with Crippen molar-refractivity contribution in [3.63, 3.8) is 0 Å². The summed E-state index contributed by atoms with van der Waals surface area (Å²) in [6, 6.07) is 6.43. The third-order valence-electron chi connectivity index (χ3n) is 5.65. The Bertz CT molecular complexity index is 1440. The fourth-order valence-corrected chi connectivity index (χ4v) is 3.95. The van der Waals surface area contributed by atoms with Crippen molar-refractivity contribution in [1.82, 2.24) is 15.5 Å². The van der Waals surface area contributed by atoms with Crippen molar-refractivity contribution in [3.05, 3.63) is 42.5 Å². The van der Waals surface area contributed by atoms with Gasteiger partial charge in [0.05, 0.1) is 23.9 Å². The van der Waals surface area contributed by atoms with Crippen molar-refractivity contribution in [2.45, 2.75) is 44.1 Å². The summed E-state index contributed by atoms with van der Waals surface area (Å²) in [6.45, 7) is 2.10. The molecule has 0 bridgehead atoms. The third kappa shape index (κ3) is 8.60. The van der Waals surface area contributed by atoms with Crippen molar-refractivity contribution in [1.29, 1.82) is 0 Å². The van der Waals surface area contributed by atoms with E-state index >= 15 is 0 Å². The number of rotatable bonds is 13. The average molecular weight is 605 g/mol. The maximum Gasteiger partial charge on any atom is 0.511 e. The van der Waals surface area contributed by atoms with Gasteiger partial charge in [-0.2, -0.15) is 23.0 Å². The molecule has 0 aliphatic heterocycles. The zero-order valence-corrected chi connectivity index (χ0v) is 22.3. The topological polar surface area (TPSA) is 232 Å². The second-order valence-corrected chi connectivity index (χ2v) is 10.8. The molecule has 0 saturated carbocycles. The number of hydrazone groups is 1. The van der Waals surface area contributed by atoms with E-state index in [0.717, 1.165) is 20.1 Å². The second-order valence-electron chi connectivity index (χ2n) is 9.07. The zero-order chi connectivity index (χ0) is 31.2. The van der Waals surface area contributed by atoms with E-state index in [1.807, 2.05) is 0 Å². The van der Waals surface area contributed by atoms with Crippen LogP contribution >= 0.6 is 0 Å². The van der Waals surface area contributed by atoms with Crippen LogP contribution in [-0.4, -0.2) is 67.2 Å². The molecule has 224 valence electrons. The number of aliphatic carboxylic acids is 1. The molecule has 0 fully saturated rings. The second kappa shape index (κ2) is 12.9. The lowest BCUT2D eigenvalue weighted by Gasteiger charge is -2.33. The number of carbonyl (C=O) groups excluding carboxylic acids is 3. The van der Waals surface area contributed by atoms with E-state index in [4.69, 9.17) is 21.3 Å². The maximum absolute atomic E-state index is 13.5. The third-order valence-corrected chi connectivity index (χ3v) is 6.78. The first-order valence-corrected chi connectivity index (χ1v) is 13.0. The number of carboxylic acid groups (broad SMARTS) is 1. The van der Waals surface area contributed by atoms with Crippen LogP contribution in [0.1, 0.15) is 20.3 Å². The van der Waals surface area contributed by atoms with Crippen LogP contribution in [0.4, 0.5) is 18.0 Å². The zero-order valence-electron chi connectivity index (χ0n) is 21.5. The summed E-state index contributed by atoms with van der Waals surface area (Å²) in [6.07, 6.45) is -2.45. The summed E-state index contributed by atoms with van der Waals surface area (Å²) < 4.78 is 70.3. The van der Waals surface area contributed by atoms with E-state index in [2.05, 4.69) is 10.4 Å². The Morgan fingerprint density at radius 1 is 1.10 bits per heavy atom. The van der Waals surface area contributed by atoms with Crippen LogP contribution in [0.15, 0.2) is 47.6 Å². The molecule has 2 aromatic rings. The van der Waals surface area contributed by atoms with Crippen LogP contribution in [0.3, 0.4) is 0 Å². The van der Waals surface area contributed by atoms with Crippen molar-refractivity contribution >= 4 is 50.7 Å². The SMILES string of the molecule is CC(C)(C(=O)C(NS(=O)(=O)C(F)(F)F)Oc1cccc2ccccc12)[C@H](N)C(=O)N[C@H](C=NNC(N)=O)CC(=O)O. The number of fused-ring (bicyclic) bond motifs is 1. The monoisotopic (exact) mass is 604 g/mol. The molecule has 18 heteroatoms. The Hall–Kier alpha value is -4.29. The fourth-order valence-electron chi connectivity index (χ4n) is 3.38. The molecule has 2 rings (SSSR count). The molecule has 0 heterocycles. The fraction of sp³-hybridized carbons (Fsp3) is 0.348. The number of nitrogens with one attached hydrogen (secondary N) is 3. The van der Waals surface area contributed by atoms with Crippen LogP contribution in [0.25, 0.3) is 10.8 Å². The molecule has 0 aliphatic carbocycles. The molecule has 14 nitrogen and oxygen atoms in total. The molecular formula is C23H27F3N6O8S. The normalized spacial score (nSPS) is 14.7. The number of carboxylic acids is 1. The number of Topliss-reactive ketones (excluding diaryl/α,β-unsaturated/α-hetero) is 1. The van der Waals surface area contributed by atoms with Crippen molar-refractivity contribution < 1.29 is 50.6 Å². The highest BCUT2D eigenvalue weighted by Crippen LogP contribution is 2.30. The molecule has 0 aliphatic rings. The summed E-state index contributed by atoms with van der Waals surface area (Å²) in [7, 11) is -6.14. The number of hydrogen-bond acceptors (Lipinski definition) is 9. The number of urea groups is 1. The minimum Gasteiger partial charge on any atom is -0.481 e. The smallest absolute Gasteiger partial charge is 0.481 e. The van der Waals surface area contributed by atoms with Crippen molar-refractivity contribution in [3.8, 4) is 5.75 Å². The molecule has 0 spiro atoms. The molecule has 3 amide bonds. The Morgan fingerprint density at radius 3 is 2.29 bits per heavy atom. The largest absolute Gasteiger partial charge is 0.511 e. The summed E-state index contributed by atoms with van der Waals surface area (Å²) in [4.78, 5) is 48.3. The van der Waals surface area contributed by atoms with Gasteiger partial charge in [-0.25, -0.2) is 18.6 Å². The summed E-state index contributed by atoms with van der Waals surface area (Å²) in [5.41, 5.74) is 4.66. The number of benzene rings is 2. The Labute approximate surface area is 231 Å². The number of alkyl halides is 3. The number of sulfonamides is 1. The van der Waals surface area contributed by atoms with Crippen LogP contribution < -0.4 is 31.7 Å². The summed E-state index contributed by atoms with van der Waals surface area (Å²) >= 11 is 0. The maximum atomic E-state index is 13.5. The Balaban J connectivity index is 2.42.